The Morgan fingerprint density at radius 2 is 1.35 bits per heavy atom. The third kappa shape index (κ3) is 9.39. The molecular weight excluding hydrogens is 416 g/mol. The summed E-state index contributed by atoms with van der Waals surface area (Å²) in [6.45, 7) is 5.30. The topological polar surface area (TPSA) is 35.0 Å². The van der Waals surface area contributed by atoms with Gasteiger partial charge in [0.05, 0.1) is 6.61 Å². The number of ether oxygens (including phenoxy) is 1. The lowest BCUT2D eigenvalue weighted by Crippen LogP contribution is -2.20. The van der Waals surface area contributed by atoms with Gasteiger partial charge in [-0.05, 0) is 60.9 Å². The maximum absolute atomic E-state index is 6.08. The second-order valence-electron chi connectivity index (χ2n) is 10.4. The zero-order chi connectivity index (χ0) is 23.8. The predicted octanol–water partition coefficient (Wildman–Crippen LogP) is 9.20. The van der Waals surface area contributed by atoms with Crippen LogP contribution < -0.4 is 4.74 Å². The fourth-order valence-corrected chi connectivity index (χ4v) is 5.57. The number of benzene rings is 1. The van der Waals surface area contributed by atoms with Gasteiger partial charge in [-0.15, -0.1) is 0 Å². The summed E-state index contributed by atoms with van der Waals surface area (Å²) < 4.78 is 6.08. The Morgan fingerprint density at radius 3 is 2.00 bits per heavy atom. The first-order valence-electron chi connectivity index (χ1n) is 14.3. The van der Waals surface area contributed by atoms with Crippen LogP contribution in [0.1, 0.15) is 116 Å². The summed E-state index contributed by atoms with van der Waals surface area (Å²) in [5, 5.41) is 0. The minimum absolute atomic E-state index is 0.788. The summed E-state index contributed by atoms with van der Waals surface area (Å²) in [5.41, 5.74) is 2.25. The molecule has 188 valence electrons. The minimum atomic E-state index is 0.788. The third-order valence-corrected chi connectivity index (χ3v) is 7.59. The lowest BCUT2D eigenvalue weighted by Gasteiger charge is -2.32. The molecule has 34 heavy (non-hydrogen) atoms. The van der Waals surface area contributed by atoms with Gasteiger partial charge in [0.2, 0.25) is 0 Å². The summed E-state index contributed by atoms with van der Waals surface area (Å²) in [4.78, 5) is 9.05. The highest BCUT2D eigenvalue weighted by Gasteiger charge is 2.24. The highest BCUT2D eigenvalue weighted by molar-refractivity contribution is 5.55. The molecule has 1 aromatic heterocycles. The maximum Gasteiger partial charge on any atom is 0.159 e. The van der Waals surface area contributed by atoms with Gasteiger partial charge >= 0.3 is 0 Å². The van der Waals surface area contributed by atoms with Crippen molar-refractivity contribution in [1.82, 2.24) is 9.97 Å². The van der Waals surface area contributed by atoms with E-state index in [0.29, 0.717) is 0 Å². The Balaban J connectivity index is 1.34. The summed E-state index contributed by atoms with van der Waals surface area (Å²) in [6.07, 6.45) is 25.8. The number of rotatable bonds is 16. The second-order valence-corrected chi connectivity index (χ2v) is 10.4. The highest BCUT2D eigenvalue weighted by Crippen LogP contribution is 2.36. The quantitative estimate of drug-likeness (QED) is 0.232. The van der Waals surface area contributed by atoms with E-state index in [-0.39, 0.29) is 0 Å². The van der Waals surface area contributed by atoms with Crippen LogP contribution in [0.5, 0.6) is 5.75 Å². The predicted molar refractivity (Wildman–Crippen MR) is 144 cm³/mol. The Morgan fingerprint density at radius 1 is 0.735 bits per heavy atom. The highest BCUT2D eigenvalue weighted by atomic mass is 16.5. The zero-order valence-corrected chi connectivity index (χ0v) is 21.9. The van der Waals surface area contributed by atoms with Crippen molar-refractivity contribution in [3.05, 3.63) is 42.2 Å². The molecule has 2 atom stereocenters. The lowest BCUT2D eigenvalue weighted by atomic mass is 9.74. The molecule has 1 aromatic carbocycles. The van der Waals surface area contributed by atoms with Crippen LogP contribution in [-0.4, -0.2) is 16.6 Å². The SMILES string of the molecule is CCCCCCCCCC1CCCCC1CCCOc1ccc(-c2ncc(CCC)cn2)cc1. The van der Waals surface area contributed by atoms with Gasteiger partial charge < -0.3 is 4.74 Å². The van der Waals surface area contributed by atoms with Crippen molar-refractivity contribution in [3.63, 3.8) is 0 Å². The Bertz CT molecular complexity index is 771. The molecule has 0 bridgehead atoms. The molecule has 0 radical (unpaired) electrons. The molecule has 2 unspecified atom stereocenters. The molecule has 1 saturated carbocycles. The Labute approximate surface area is 209 Å². The van der Waals surface area contributed by atoms with E-state index in [4.69, 9.17) is 4.74 Å². The molecule has 0 aliphatic heterocycles. The minimum Gasteiger partial charge on any atom is -0.494 e. The Hall–Kier alpha value is -1.90. The van der Waals surface area contributed by atoms with Crippen LogP contribution in [-0.2, 0) is 6.42 Å². The molecule has 0 amide bonds. The van der Waals surface area contributed by atoms with Crippen LogP contribution >= 0.6 is 0 Å². The molecule has 1 aliphatic carbocycles. The summed E-state index contributed by atoms with van der Waals surface area (Å²) in [7, 11) is 0. The molecular formula is C31H48N2O. The van der Waals surface area contributed by atoms with Crippen LogP contribution in [0.15, 0.2) is 36.7 Å². The number of hydrogen-bond donors (Lipinski definition) is 0. The van der Waals surface area contributed by atoms with Crippen LogP contribution in [0.3, 0.4) is 0 Å². The maximum atomic E-state index is 6.08. The standard InChI is InChI=1S/C31H48N2O/c1-3-5-6-7-8-9-10-15-27-16-11-12-17-28(27)18-13-23-34-30-21-19-29(20-22-30)31-32-24-26(14-4-2)25-33-31/h19-22,24-25,27-28H,3-18,23H2,1-2H3. The van der Waals surface area contributed by atoms with Crippen molar-refractivity contribution in [1.29, 1.82) is 0 Å². The van der Waals surface area contributed by atoms with E-state index in [1.54, 1.807) is 0 Å². The fraction of sp³-hybridized carbons (Fsp3) is 0.677. The van der Waals surface area contributed by atoms with E-state index in [0.717, 1.165) is 48.4 Å². The number of hydrogen-bond acceptors (Lipinski definition) is 3. The van der Waals surface area contributed by atoms with Crippen LogP contribution in [0.25, 0.3) is 11.4 Å². The number of aromatic nitrogens is 2. The molecule has 0 saturated heterocycles. The normalized spacial score (nSPS) is 18.2. The van der Waals surface area contributed by atoms with Crippen molar-refractivity contribution in [2.45, 2.75) is 117 Å². The first-order chi connectivity index (χ1) is 16.8. The second kappa shape index (κ2) is 15.9. The number of unbranched alkanes of at least 4 members (excludes halogenated alkanes) is 6. The van der Waals surface area contributed by atoms with Crippen molar-refractivity contribution in [2.75, 3.05) is 6.61 Å². The molecule has 3 rings (SSSR count). The van der Waals surface area contributed by atoms with Gasteiger partial charge in [-0.25, -0.2) is 9.97 Å². The van der Waals surface area contributed by atoms with Crippen molar-refractivity contribution in [2.24, 2.45) is 11.8 Å². The van der Waals surface area contributed by atoms with Crippen molar-refractivity contribution in [3.8, 4) is 17.1 Å². The summed E-state index contributed by atoms with van der Waals surface area (Å²) >= 11 is 0. The molecule has 0 N–H and O–H groups in total. The van der Waals surface area contributed by atoms with Gasteiger partial charge in [0, 0.05) is 18.0 Å². The molecule has 3 heteroatoms. The first-order valence-corrected chi connectivity index (χ1v) is 14.3. The Kier molecular flexibility index (Phi) is 12.5. The average Bonchev–Trinajstić information content (AvgIpc) is 2.88. The molecule has 1 fully saturated rings. The van der Waals surface area contributed by atoms with Gasteiger partial charge in [-0.1, -0.05) is 97.3 Å². The largest absolute Gasteiger partial charge is 0.494 e. The monoisotopic (exact) mass is 464 g/mol. The van der Waals surface area contributed by atoms with Gasteiger partial charge in [0.1, 0.15) is 5.75 Å². The van der Waals surface area contributed by atoms with E-state index < -0.39 is 0 Å². The molecule has 3 nitrogen and oxygen atoms in total. The smallest absolute Gasteiger partial charge is 0.159 e. The number of aryl methyl sites for hydroxylation is 1. The summed E-state index contributed by atoms with van der Waals surface area (Å²) in [6, 6.07) is 8.26. The molecule has 0 spiro atoms. The van der Waals surface area contributed by atoms with Gasteiger partial charge in [-0.2, -0.15) is 0 Å². The first kappa shape index (κ1) is 26.7. The fourth-order valence-electron chi connectivity index (χ4n) is 5.57. The van der Waals surface area contributed by atoms with Crippen LogP contribution in [0, 0.1) is 11.8 Å². The van der Waals surface area contributed by atoms with Crippen LogP contribution in [0.4, 0.5) is 0 Å². The molecule has 1 heterocycles. The average molecular weight is 465 g/mol. The van der Waals surface area contributed by atoms with Gasteiger partial charge in [0.15, 0.2) is 5.82 Å². The molecule has 1 aliphatic rings. The van der Waals surface area contributed by atoms with Crippen molar-refractivity contribution < 1.29 is 4.74 Å². The van der Waals surface area contributed by atoms with E-state index in [1.165, 1.54) is 95.5 Å². The molecule has 2 aromatic rings. The van der Waals surface area contributed by atoms with Crippen molar-refractivity contribution >= 4 is 0 Å². The van der Waals surface area contributed by atoms with E-state index in [2.05, 4.69) is 48.1 Å². The van der Waals surface area contributed by atoms with Gasteiger partial charge in [-0.3, -0.25) is 0 Å². The van der Waals surface area contributed by atoms with Gasteiger partial charge in [0.25, 0.3) is 0 Å². The van der Waals surface area contributed by atoms with E-state index in [9.17, 15) is 0 Å². The third-order valence-electron chi connectivity index (χ3n) is 7.59. The van der Waals surface area contributed by atoms with E-state index in [1.807, 2.05) is 12.4 Å². The lowest BCUT2D eigenvalue weighted by molar-refractivity contribution is 0.190. The van der Waals surface area contributed by atoms with E-state index >= 15 is 0 Å². The summed E-state index contributed by atoms with van der Waals surface area (Å²) in [5.74, 6) is 3.63. The zero-order valence-electron chi connectivity index (χ0n) is 21.9. The van der Waals surface area contributed by atoms with Crippen LogP contribution in [0.2, 0.25) is 0 Å². The number of nitrogens with zero attached hydrogens (tertiary/aromatic N) is 2.